The van der Waals surface area contributed by atoms with Gasteiger partial charge < -0.3 is 25.4 Å². The van der Waals surface area contributed by atoms with Crippen LogP contribution in [0.4, 0.5) is 4.79 Å². The molecular formula is C21H43IN4O3. The van der Waals surface area contributed by atoms with Crippen LogP contribution in [0.3, 0.4) is 0 Å². The fraction of sp³-hybridized carbons (Fsp3) is 0.905. The van der Waals surface area contributed by atoms with Crippen LogP contribution in [0.2, 0.25) is 0 Å². The van der Waals surface area contributed by atoms with Crippen LogP contribution in [0, 0.1) is 5.41 Å². The molecule has 29 heavy (non-hydrogen) atoms. The Morgan fingerprint density at radius 1 is 1.10 bits per heavy atom. The number of halogens is 1. The highest BCUT2D eigenvalue weighted by molar-refractivity contribution is 14.0. The quantitative estimate of drug-likeness (QED) is 0.240. The van der Waals surface area contributed by atoms with Gasteiger partial charge in [-0.15, -0.1) is 24.0 Å². The van der Waals surface area contributed by atoms with Crippen molar-refractivity contribution in [3.63, 3.8) is 0 Å². The van der Waals surface area contributed by atoms with E-state index in [4.69, 9.17) is 14.5 Å². The van der Waals surface area contributed by atoms with E-state index >= 15 is 0 Å². The zero-order valence-electron chi connectivity index (χ0n) is 19.4. The van der Waals surface area contributed by atoms with Crippen LogP contribution in [0.25, 0.3) is 0 Å². The van der Waals surface area contributed by atoms with Gasteiger partial charge in [0.25, 0.3) is 0 Å². The second-order valence-corrected chi connectivity index (χ2v) is 9.51. The van der Waals surface area contributed by atoms with Gasteiger partial charge in [-0.2, -0.15) is 0 Å². The number of rotatable bonds is 9. The first kappa shape index (κ1) is 28.2. The van der Waals surface area contributed by atoms with Crippen LogP contribution >= 0.6 is 24.0 Å². The van der Waals surface area contributed by atoms with E-state index in [2.05, 4.69) is 22.9 Å². The van der Waals surface area contributed by atoms with Gasteiger partial charge in [0.1, 0.15) is 5.60 Å². The Hall–Kier alpha value is -0.770. The molecule has 1 rings (SSSR count). The van der Waals surface area contributed by atoms with Crippen molar-refractivity contribution >= 4 is 36.0 Å². The normalized spacial score (nSPS) is 16.7. The molecule has 1 aliphatic rings. The third kappa shape index (κ3) is 11.9. The van der Waals surface area contributed by atoms with Crippen molar-refractivity contribution in [2.45, 2.75) is 84.8 Å². The van der Waals surface area contributed by atoms with Gasteiger partial charge in [-0.3, -0.25) is 4.99 Å². The van der Waals surface area contributed by atoms with Crippen molar-refractivity contribution in [2.75, 3.05) is 33.4 Å². The Balaban J connectivity index is 0.00000784. The van der Waals surface area contributed by atoms with E-state index in [1.165, 1.54) is 25.7 Å². The Morgan fingerprint density at radius 2 is 1.72 bits per heavy atom. The number of carbonyl (C=O) groups excluding carboxylic acids is 1. The lowest BCUT2D eigenvalue weighted by molar-refractivity contribution is 0.0476. The Bertz CT molecular complexity index is 513. The number of hydrogen-bond donors (Lipinski definition) is 3. The number of hydrogen-bond acceptors (Lipinski definition) is 4. The number of alkyl carbamates (subject to hydrolysis) is 1. The molecule has 3 N–H and O–H groups in total. The summed E-state index contributed by atoms with van der Waals surface area (Å²) in [5, 5.41) is 9.73. The van der Waals surface area contributed by atoms with Crippen molar-refractivity contribution in [3.05, 3.63) is 0 Å². The summed E-state index contributed by atoms with van der Waals surface area (Å²) >= 11 is 0. The molecule has 1 saturated carbocycles. The maximum absolute atomic E-state index is 12.1. The largest absolute Gasteiger partial charge is 0.444 e. The van der Waals surface area contributed by atoms with Crippen molar-refractivity contribution < 1.29 is 14.3 Å². The third-order valence-corrected chi connectivity index (χ3v) is 4.95. The van der Waals surface area contributed by atoms with Gasteiger partial charge >= 0.3 is 6.09 Å². The molecule has 8 heteroatoms. The van der Waals surface area contributed by atoms with Crippen LogP contribution in [0.1, 0.15) is 73.6 Å². The summed E-state index contributed by atoms with van der Waals surface area (Å²) in [4.78, 5) is 16.8. The van der Waals surface area contributed by atoms with Crippen LogP contribution in [0.15, 0.2) is 4.99 Å². The molecule has 0 bridgehead atoms. The molecular weight excluding hydrogens is 483 g/mol. The minimum absolute atomic E-state index is 0. The molecule has 0 spiro atoms. The molecule has 0 radical (unpaired) electrons. The van der Waals surface area contributed by atoms with Crippen molar-refractivity contribution in [1.82, 2.24) is 16.0 Å². The van der Waals surface area contributed by atoms with E-state index < -0.39 is 17.2 Å². The summed E-state index contributed by atoms with van der Waals surface area (Å²) in [6.07, 6.45) is 5.68. The first-order valence-electron chi connectivity index (χ1n) is 10.5. The lowest BCUT2D eigenvalue weighted by Crippen LogP contribution is -2.49. The van der Waals surface area contributed by atoms with Crippen LogP contribution < -0.4 is 16.0 Å². The van der Waals surface area contributed by atoms with E-state index in [1.54, 1.807) is 7.11 Å². The molecule has 7 nitrogen and oxygen atoms in total. The highest BCUT2D eigenvalue weighted by atomic mass is 127. The lowest BCUT2D eigenvalue weighted by atomic mass is 9.83. The molecule has 0 aromatic heterocycles. The maximum Gasteiger partial charge on any atom is 0.408 e. The Morgan fingerprint density at radius 3 is 2.24 bits per heavy atom. The molecule has 0 aromatic rings. The van der Waals surface area contributed by atoms with Gasteiger partial charge in [0.15, 0.2) is 5.96 Å². The third-order valence-electron chi connectivity index (χ3n) is 4.95. The average Bonchev–Trinajstić information content (AvgIpc) is 3.02. The van der Waals surface area contributed by atoms with E-state index in [0.717, 1.165) is 32.1 Å². The molecule has 0 heterocycles. The second kappa shape index (κ2) is 12.8. The van der Waals surface area contributed by atoms with Gasteiger partial charge in [-0.25, -0.2) is 4.79 Å². The number of aliphatic imine (C=N–C) groups is 1. The second-order valence-electron chi connectivity index (χ2n) is 9.51. The van der Waals surface area contributed by atoms with Crippen molar-refractivity contribution in [3.8, 4) is 0 Å². The molecule has 0 atom stereocenters. The summed E-state index contributed by atoms with van der Waals surface area (Å²) in [5.74, 6) is 0.783. The van der Waals surface area contributed by atoms with Gasteiger partial charge in [-0.05, 0) is 66.2 Å². The number of amides is 1. The van der Waals surface area contributed by atoms with Crippen LogP contribution in [-0.4, -0.2) is 56.5 Å². The topological polar surface area (TPSA) is 84.0 Å². The number of nitrogens with one attached hydrogen (secondary N) is 3. The zero-order valence-corrected chi connectivity index (χ0v) is 21.8. The summed E-state index contributed by atoms with van der Waals surface area (Å²) in [6.45, 7) is 14.4. The standard InChI is InChI=1S/C21H42N4O3.HI/c1-8-22-17(24-16-21(13-14-27-7)11-9-10-12-21)23-15-20(5,6)25-18(26)28-19(2,3)4;/h8-16H2,1-7H3,(H,25,26)(H2,22,23,24);1H. The summed E-state index contributed by atoms with van der Waals surface area (Å²) in [5.41, 5.74) is -0.736. The highest BCUT2D eigenvalue weighted by Crippen LogP contribution is 2.40. The summed E-state index contributed by atoms with van der Waals surface area (Å²) in [6, 6.07) is 0. The molecule has 1 amide bonds. The maximum atomic E-state index is 12.1. The zero-order chi connectivity index (χ0) is 21.3. The van der Waals surface area contributed by atoms with Gasteiger partial charge in [-0.1, -0.05) is 12.8 Å². The number of nitrogens with zero attached hydrogens (tertiary/aromatic N) is 1. The average molecular weight is 527 g/mol. The van der Waals surface area contributed by atoms with Crippen molar-refractivity contribution in [2.24, 2.45) is 10.4 Å². The fourth-order valence-corrected chi connectivity index (χ4v) is 3.47. The molecule has 0 aliphatic heterocycles. The van der Waals surface area contributed by atoms with E-state index in [-0.39, 0.29) is 29.4 Å². The van der Waals surface area contributed by atoms with Gasteiger partial charge in [0.2, 0.25) is 0 Å². The first-order chi connectivity index (χ1) is 13.0. The van der Waals surface area contributed by atoms with Crippen molar-refractivity contribution in [1.29, 1.82) is 0 Å². The van der Waals surface area contributed by atoms with E-state index in [1.807, 2.05) is 34.6 Å². The van der Waals surface area contributed by atoms with Crippen LogP contribution in [0.5, 0.6) is 0 Å². The number of methoxy groups -OCH3 is 1. The first-order valence-corrected chi connectivity index (χ1v) is 10.5. The molecule has 1 aliphatic carbocycles. The SMILES string of the molecule is CCNC(=NCC(C)(C)NC(=O)OC(C)(C)C)NCC1(CCOC)CCCC1.I. The summed E-state index contributed by atoms with van der Waals surface area (Å²) in [7, 11) is 1.77. The minimum atomic E-state index is -0.516. The van der Waals surface area contributed by atoms with Gasteiger partial charge in [0, 0.05) is 26.8 Å². The minimum Gasteiger partial charge on any atom is -0.444 e. The predicted molar refractivity (Wildman–Crippen MR) is 130 cm³/mol. The van der Waals surface area contributed by atoms with E-state index in [0.29, 0.717) is 6.54 Å². The molecule has 0 aromatic carbocycles. The van der Waals surface area contributed by atoms with E-state index in [9.17, 15) is 4.79 Å². The molecule has 0 saturated heterocycles. The Labute approximate surface area is 194 Å². The monoisotopic (exact) mass is 526 g/mol. The molecule has 0 unspecified atom stereocenters. The smallest absolute Gasteiger partial charge is 0.408 e. The molecule has 172 valence electrons. The number of guanidine groups is 1. The van der Waals surface area contributed by atoms with Crippen LogP contribution in [-0.2, 0) is 9.47 Å². The lowest BCUT2D eigenvalue weighted by Gasteiger charge is -2.30. The Kier molecular flexibility index (Phi) is 12.5. The fourth-order valence-electron chi connectivity index (χ4n) is 3.47. The summed E-state index contributed by atoms with van der Waals surface area (Å²) < 4.78 is 10.7. The number of carbonyl (C=O) groups is 1. The predicted octanol–water partition coefficient (Wildman–Crippen LogP) is 4.06. The highest BCUT2D eigenvalue weighted by Gasteiger charge is 2.33. The number of ether oxygens (including phenoxy) is 2. The van der Waals surface area contributed by atoms with Gasteiger partial charge in [0.05, 0.1) is 12.1 Å². The molecule has 1 fully saturated rings.